The number of amides is 3. The first-order chi connectivity index (χ1) is 16.2. The van der Waals surface area contributed by atoms with Crippen LogP contribution in [0.5, 0.6) is 0 Å². The fourth-order valence-corrected chi connectivity index (χ4v) is 4.64. The molecule has 34 heavy (non-hydrogen) atoms. The van der Waals surface area contributed by atoms with Crippen LogP contribution in [0.25, 0.3) is 0 Å². The molecule has 0 aliphatic carbocycles. The zero-order valence-corrected chi connectivity index (χ0v) is 19.6. The molecule has 2 aliphatic heterocycles. The molecule has 0 aromatic heterocycles. The van der Waals surface area contributed by atoms with Crippen LogP contribution < -0.4 is 0 Å². The zero-order chi connectivity index (χ0) is 24.6. The number of nitrogens with zero attached hydrogens (tertiary/aromatic N) is 5. The van der Waals surface area contributed by atoms with Gasteiger partial charge in [-0.05, 0) is 41.4 Å². The second kappa shape index (κ2) is 9.18. The predicted molar refractivity (Wildman–Crippen MR) is 127 cm³/mol. The summed E-state index contributed by atoms with van der Waals surface area (Å²) in [6.45, 7) is 2.35. The molecule has 2 aliphatic rings. The maximum Gasteiger partial charge on any atom is 0.358 e. The van der Waals surface area contributed by atoms with Crippen LogP contribution in [0.4, 0.5) is 10.5 Å². The molecule has 0 radical (unpaired) electrons. The molecule has 10 nitrogen and oxygen atoms in total. The Morgan fingerprint density at radius 2 is 1.74 bits per heavy atom. The van der Waals surface area contributed by atoms with Gasteiger partial charge in [0.2, 0.25) is 0 Å². The van der Waals surface area contributed by atoms with Crippen molar-refractivity contribution < 1.29 is 23.9 Å². The number of fused-ring (bicyclic) bond motifs is 1. The molecule has 0 saturated carbocycles. The summed E-state index contributed by atoms with van der Waals surface area (Å²) in [5, 5.41) is 11.3. The van der Waals surface area contributed by atoms with E-state index in [0.29, 0.717) is 23.1 Å². The lowest BCUT2D eigenvalue weighted by Crippen LogP contribution is -2.61. The predicted octanol–water partition coefficient (Wildman–Crippen LogP) is 2.69. The van der Waals surface area contributed by atoms with Crippen molar-refractivity contribution in [3.05, 3.63) is 75.3 Å². The van der Waals surface area contributed by atoms with Crippen LogP contribution in [-0.4, -0.2) is 73.9 Å². The second-order valence-corrected chi connectivity index (χ2v) is 8.97. The first-order valence-corrected chi connectivity index (χ1v) is 11.4. The van der Waals surface area contributed by atoms with Crippen LogP contribution in [0.1, 0.15) is 21.5 Å². The van der Waals surface area contributed by atoms with Crippen molar-refractivity contribution in [2.24, 2.45) is 4.99 Å². The van der Waals surface area contributed by atoms with Crippen molar-refractivity contribution in [1.29, 1.82) is 0 Å². The molecule has 2 heterocycles. The number of amidine groups is 2. The molecule has 11 heteroatoms. The highest BCUT2D eigenvalue weighted by Crippen LogP contribution is 2.25. The Morgan fingerprint density at radius 1 is 1.09 bits per heavy atom. The fraction of sp³-hybridized carbons (Fsp3) is 0.261. The number of nitro groups is 1. The van der Waals surface area contributed by atoms with Gasteiger partial charge in [0.15, 0.2) is 5.78 Å². The number of hydrogen-bond donors (Lipinski definition) is 0. The van der Waals surface area contributed by atoms with Crippen molar-refractivity contribution in [1.82, 2.24) is 9.80 Å². The number of aryl methyl sites for hydroxylation is 1. The summed E-state index contributed by atoms with van der Waals surface area (Å²) < 4.78 is 1.80. The molecular weight excluding hydrogens is 458 g/mol. The smallest absolute Gasteiger partial charge is 0.293 e. The van der Waals surface area contributed by atoms with Gasteiger partial charge in [-0.25, -0.2) is 9.37 Å². The van der Waals surface area contributed by atoms with Crippen LogP contribution in [0.15, 0.2) is 53.5 Å². The normalized spacial score (nSPS) is 17.7. The molecule has 1 fully saturated rings. The van der Waals surface area contributed by atoms with Crippen molar-refractivity contribution in [3.63, 3.8) is 0 Å². The molecule has 0 N–H and O–H groups in total. The number of likely N-dealkylation sites (N-methyl/N-ethyl adjacent to an activating group) is 2. The number of ketones is 1. The Bertz CT molecular complexity index is 1250. The van der Waals surface area contributed by atoms with E-state index >= 15 is 0 Å². The molecule has 0 bridgehead atoms. The quantitative estimate of drug-likeness (QED) is 0.272. The van der Waals surface area contributed by atoms with E-state index in [4.69, 9.17) is 0 Å². The molecular formula is C23H22N5O5S+. The zero-order valence-electron chi connectivity index (χ0n) is 18.8. The Morgan fingerprint density at radius 3 is 2.35 bits per heavy atom. The molecule has 4 rings (SSSR count). The number of imide groups is 1. The molecule has 2 aromatic carbocycles. The van der Waals surface area contributed by atoms with Gasteiger partial charge >= 0.3 is 11.2 Å². The molecule has 1 unspecified atom stereocenters. The van der Waals surface area contributed by atoms with Gasteiger partial charge in [0.1, 0.15) is 6.54 Å². The molecule has 1 atom stereocenters. The number of nitro benzene ring substituents is 1. The topological polar surface area (TPSA) is 116 Å². The number of non-ortho nitro benzene ring substituents is 1. The highest BCUT2D eigenvalue weighted by Gasteiger charge is 2.53. The van der Waals surface area contributed by atoms with E-state index in [9.17, 15) is 24.5 Å². The number of Topliss-reactive ketones (excluding diaryl/α,β-unsaturated/α-hetero) is 1. The van der Waals surface area contributed by atoms with Crippen molar-refractivity contribution in [2.75, 3.05) is 19.8 Å². The third kappa shape index (κ3) is 4.34. The van der Waals surface area contributed by atoms with Gasteiger partial charge in [-0.3, -0.25) is 29.5 Å². The average Bonchev–Trinajstić information content (AvgIpc) is 3.19. The second-order valence-electron chi connectivity index (χ2n) is 8.02. The maximum atomic E-state index is 13.0. The Hall–Kier alpha value is -3.86. The van der Waals surface area contributed by atoms with E-state index in [1.165, 1.54) is 36.2 Å². The maximum absolute atomic E-state index is 13.0. The minimum atomic E-state index is -0.772. The average molecular weight is 481 g/mol. The highest BCUT2D eigenvalue weighted by atomic mass is 32.2. The van der Waals surface area contributed by atoms with Crippen molar-refractivity contribution >= 4 is 46.2 Å². The number of benzene rings is 2. The van der Waals surface area contributed by atoms with E-state index in [1.807, 2.05) is 31.2 Å². The number of aliphatic imine (C=N–C) groups is 1. The molecule has 3 amide bonds. The van der Waals surface area contributed by atoms with Gasteiger partial charge in [0.25, 0.3) is 23.5 Å². The van der Waals surface area contributed by atoms with Crippen LogP contribution in [0.2, 0.25) is 0 Å². The summed E-state index contributed by atoms with van der Waals surface area (Å²) in [6.07, 6.45) is 0. The van der Waals surface area contributed by atoms with Crippen LogP contribution in [0, 0.1) is 17.0 Å². The number of hydrogen-bond acceptors (Lipinski definition) is 7. The van der Waals surface area contributed by atoms with Gasteiger partial charge in [0.05, 0.1) is 10.7 Å². The van der Waals surface area contributed by atoms with Crippen molar-refractivity contribution in [2.45, 2.75) is 19.5 Å². The lowest BCUT2D eigenvalue weighted by molar-refractivity contribution is -0.548. The van der Waals surface area contributed by atoms with Gasteiger partial charge < -0.3 is 0 Å². The van der Waals surface area contributed by atoms with Crippen molar-refractivity contribution in [3.8, 4) is 0 Å². The van der Waals surface area contributed by atoms with E-state index in [1.54, 1.807) is 11.6 Å². The van der Waals surface area contributed by atoms with Gasteiger partial charge in [-0.2, -0.15) is 0 Å². The monoisotopic (exact) mass is 480 g/mol. The summed E-state index contributed by atoms with van der Waals surface area (Å²) in [5.74, 6) is -0.273. The summed E-state index contributed by atoms with van der Waals surface area (Å²) in [7, 11) is 3.00. The molecule has 2 aromatic rings. The Balaban J connectivity index is 1.62. The standard InChI is InChI=1S/C23H22N5O5S/c1-14-4-6-15(7-5-14)12-27-19-20(25(2)23(31)26(3)21(19)30)24-22(27)34-13-18(29)16-8-10-17(11-9-16)28(32)33/h4-11,19H,12-13H2,1-3H3/q+1. The van der Waals surface area contributed by atoms with E-state index in [2.05, 4.69) is 4.99 Å². The number of thioether (sulfide) groups is 1. The number of carbonyl (C=O) groups is 3. The minimum Gasteiger partial charge on any atom is -0.293 e. The van der Waals surface area contributed by atoms with Crippen LogP contribution >= 0.6 is 11.8 Å². The van der Waals surface area contributed by atoms with E-state index in [0.717, 1.165) is 27.8 Å². The summed E-state index contributed by atoms with van der Waals surface area (Å²) in [6, 6.07) is 12.0. The van der Waals surface area contributed by atoms with Crippen LogP contribution in [0.3, 0.4) is 0 Å². The lowest BCUT2D eigenvalue weighted by atomic mass is 10.1. The minimum absolute atomic E-state index is 0.0166. The van der Waals surface area contributed by atoms with Gasteiger partial charge in [-0.1, -0.05) is 29.8 Å². The van der Waals surface area contributed by atoms with Gasteiger partial charge in [-0.15, -0.1) is 0 Å². The summed E-state index contributed by atoms with van der Waals surface area (Å²) in [5.41, 5.74) is 2.31. The molecule has 174 valence electrons. The van der Waals surface area contributed by atoms with Gasteiger partial charge in [0, 0.05) is 31.8 Å². The molecule has 1 saturated heterocycles. The van der Waals surface area contributed by atoms with E-state index in [-0.39, 0.29) is 23.1 Å². The Labute approximate surface area is 199 Å². The van der Waals surface area contributed by atoms with E-state index < -0.39 is 17.0 Å². The molecule has 0 spiro atoms. The largest absolute Gasteiger partial charge is 0.358 e. The summed E-state index contributed by atoms with van der Waals surface area (Å²) in [4.78, 5) is 55.5. The number of urea groups is 1. The third-order valence-corrected chi connectivity index (χ3v) is 6.69. The van der Waals surface area contributed by atoms with Crippen LogP contribution in [-0.2, 0) is 11.3 Å². The third-order valence-electron chi connectivity index (χ3n) is 5.70. The SMILES string of the molecule is Cc1ccc(C[N+]2=C(SCC(=O)c3ccc([N+](=O)[O-])cc3)N=C3C2C(=O)N(C)C(=O)N3C)cc1. The summed E-state index contributed by atoms with van der Waals surface area (Å²) >= 11 is 1.16. The highest BCUT2D eigenvalue weighted by molar-refractivity contribution is 8.14. The Kier molecular flexibility index (Phi) is 6.29. The number of rotatable bonds is 6. The first kappa shape index (κ1) is 23.3. The number of carbonyl (C=O) groups excluding carboxylic acids is 3. The fourth-order valence-electron chi connectivity index (χ4n) is 3.72. The lowest BCUT2D eigenvalue weighted by Gasteiger charge is -2.30. The first-order valence-electron chi connectivity index (χ1n) is 10.4.